The quantitative estimate of drug-likeness (QED) is 0.439. The summed E-state index contributed by atoms with van der Waals surface area (Å²) in [5.74, 6) is 1.15. The van der Waals surface area contributed by atoms with Gasteiger partial charge in [-0.3, -0.25) is 0 Å². The molecule has 0 N–H and O–H groups in total. The van der Waals surface area contributed by atoms with Gasteiger partial charge in [0, 0.05) is 6.42 Å². The molecule has 0 saturated carbocycles. The Morgan fingerprint density at radius 2 is 1.92 bits per heavy atom. The van der Waals surface area contributed by atoms with Gasteiger partial charge in [0.25, 0.3) is 0 Å². The lowest BCUT2D eigenvalue weighted by atomic mass is 9.94. The van der Waals surface area contributed by atoms with Crippen molar-refractivity contribution < 1.29 is 4.79 Å². The van der Waals surface area contributed by atoms with Crippen LogP contribution in [0.25, 0.3) is 0 Å². The van der Waals surface area contributed by atoms with E-state index < -0.39 is 0 Å². The average Bonchev–Trinajstić information content (AvgIpc) is 1.84. The smallest absolute Gasteiger partial charge is 0.120 e. The lowest BCUT2D eigenvalue weighted by Gasteiger charge is -2.12. The fraction of sp³-hybridized carbons (Fsp3) is 0.727. The maximum absolute atomic E-state index is 10.2. The van der Waals surface area contributed by atoms with Gasteiger partial charge in [-0.15, -0.1) is 0 Å². The molecule has 1 heteroatoms. The molecule has 0 amide bonds. The summed E-state index contributed by atoms with van der Waals surface area (Å²) in [6.07, 6.45) is 3.74. The molecule has 0 aliphatic rings. The molecule has 70 valence electrons. The molecule has 0 fully saturated rings. The number of rotatable bonds is 6. The van der Waals surface area contributed by atoms with E-state index in [4.69, 9.17) is 0 Å². The molecule has 0 spiro atoms. The van der Waals surface area contributed by atoms with E-state index in [0.717, 1.165) is 19.1 Å². The summed E-state index contributed by atoms with van der Waals surface area (Å²) in [6, 6.07) is 0. The van der Waals surface area contributed by atoms with Crippen LogP contribution in [0, 0.1) is 11.8 Å². The molecule has 0 rings (SSSR count). The van der Waals surface area contributed by atoms with Gasteiger partial charge in [-0.05, 0) is 24.7 Å². The van der Waals surface area contributed by atoms with Crippen LogP contribution in [-0.4, -0.2) is 6.29 Å². The molecule has 0 saturated heterocycles. The first-order valence-corrected chi connectivity index (χ1v) is 4.66. The number of aldehydes is 1. The summed E-state index contributed by atoms with van der Waals surface area (Å²) in [5, 5.41) is 0. The molecular formula is C11H20O. The number of carbonyl (C=O) groups excluding carboxylic acids is 1. The van der Waals surface area contributed by atoms with Crippen LogP contribution in [0.2, 0.25) is 0 Å². The Bertz CT molecular complexity index is 147. The first-order chi connectivity index (χ1) is 5.56. The summed E-state index contributed by atoms with van der Waals surface area (Å²) in [7, 11) is 0. The number of carbonyl (C=O) groups is 1. The lowest BCUT2D eigenvalue weighted by molar-refractivity contribution is -0.108. The average molecular weight is 168 g/mol. The standard InChI is InChI=1S/C11H20O/c1-9(2)7-11(4)8-10(3)5-6-12/h6,9-10H,4-5,7-8H2,1-3H3. The second-order valence-electron chi connectivity index (χ2n) is 4.06. The van der Waals surface area contributed by atoms with Crippen molar-refractivity contribution in [2.75, 3.05) is 0 Å². The van der Waals surface area contributed by atoms with E-state index in [1.165, 1.54) is 5.57 Å². The lowest BCUT2D eigenvalue weighted by Crippen LogP contribution is -1.99. The van der Waals surface area contributed by atoms with Crippen LogP contribution in [0.1, 0.15) is 40.0 Å². The molecule has 1 nitrogen and oxygen atoms in total. The van der Waals surface area contributed by atoms with Gasteiger partial charge in [0.15, 0.2) is 0 Å². The van der Waals surface area contributed by atoms with Crippen LogP contribution in [-0.2, 0) is 4.79 Å². The summed E-state index contributed by atoms with van der Waals surface area (Å²) >= 11 is 0. The van der Waals surface area contributed by atoms with E-state index >= 15 is 0 Å². The van der Waals surface area contributed by atoms with Crippen LogP contribution in [0.4, 0.5) is 0 Å². The highest BCUT2D eigenvalue weighted by Gasteiger charge is 2.05. The predicted octanol–water partition coefficient (Wildman–Crippen LogP) is 3.20. The molecule has 0 aromatic carbocycles. The van der Waals surface area contributed by atoms with Gasteiger partial charge in [0.2, 0.25) is 0 Å². The van der Waals surface area contributed by atoms with Crippen molar-refractivity contribution in [3.63, 3.8) is 0 Å². The molecular weight excluding hydrogens is 148 g/mol. The van der Waals surface area contributed by atoms with E-state index in [0.29, 0.717) is 18.3 Å². The Morgan fingerprint density at radius 3 is 2.33 bits per heavy atom. The van der Waals surface area contributed by atoms with E-state index in [2.05, 4.69) is 27.4 Å². The minimum atomic E-state index is 0.466. The Hall–Kier alpha value is -0.590. The summed E-state index contributed by atoms with van der Waals surface area (Å²) in [4.78, 5) is 10.2. The van der Waals surface area contributed by atoms with Gasteiger partial charge in [0.1, 0.15) is 6.29 Å². The van der Waals surface area contributed by atoms with Crippen molar-refractivity contribution in [2.45, 2.75) is 40.0 Å². The van der Waals surface area contributed by atoms with Crippen LogP contribution in [0.3, 0.4) is 0 Å². The summed E-state index contributed by atoms with van der Waals surface area (Å²) in [5.41, 5.74) is 1.28. The van der Waals surface area contributed by atoms with E-state index in [9.17, 15) is 4.79 Å². The first kappa shape index (κ1) is 11.4. The van der Waals surface area contributed by atoms with Crippen molar-refractivity contribution in [1.29, 1.82) is 0 Å². The highest BCUT2D eigenvalue weighted by molar-refractivity contribution is 5.49. The zero-order valence-corrected chi connectivity index (χ0v) is 8.47. The first-order valence-electron chi connectivity index (χ1n) is 4.66. The second kappa shape index (κ2) is 5.99. The van der Waals surface area contributed by atoms with Crippen LogP contribution in [0.5, 0.6) is 0 Å². The van der Waals surface area contributed by atoms with E-state index in [1.807, 2.05) is 0 Å². The van der Waals surface area contributed by atoms with Crippen molar-refractivity contribution in [3.05, 3.63) is 12.2 Å². The molecule has 0 aromatic rings. The second-order valence-corrected chi connectivity index (χ2v) is 4.06. The fourth-order valence-corrected chi connectivity index (χ4v) is 1.40. The molecule has 12 heavy (non-hydrogen) atoms. The Labute approximate surface area is 75.9 Å². The summed E-state index contributed by atoms with van der Waals surface area (Å²) < 4.78 is 0. The van der Waals surface area contributed by atoms with Gasteiger partial charge >= 0.3 is 0 Å². The third-order valence-electron chi connectivity index (χ3n) is 1.83. The topological polar surface area (TPSA) is 17.1 Å². The molecule has 0 aliphatic heterocycles. The number of hydrogen-bond donors (Lipinski definition) is 0. The van der Waals surface area contributed by atoms with Crippen LogP contribution in [0.15, 0.2) is 12.2 Å². The van der Waals surface area contributed by atoms with Gasteiger partial charge < -0.3 is 4.79 Å². The predicted molar refractivity (Wildman–Crippen MR) is 53.1 cm³/mol. The minimum Gasteiger partial charge on any atom is -0.303 e. The molecule has 0 aliphatic carbocycles. The maximum atomic E-state index is 10.2. The van der Waals surface area contributed by atoms with Crippen molar-refractivity contribution in [1.82, 2.24) is 0 Å². The molecule has 0 radical (unpaired) electrons. The Morgan fingerprint density at radius 1 is 1.33 bits per heavy atom. The summed E-state index contributed by atoms with van der Waals surface area (Å²) in [6.45, 7) is 10.5. The molecule has 1 atom stereocenters. The van der Waals surface area contributed by atoms with Crippen LogP contribution < -0.4 is 0 Å². The molecule has 0 aromatic heterocycles. The van der Waals surface area contributed by atoms with E-state index in [1.54, 1.807) is 0 Å². The zero-order valence-electron chi connectivity index (χ0n) is 8.47. The monoisotopic (exact) mass is 168 g/mol. The SMILES string of the molecule is C=C(CC(C)C)CC(C)CC=O. The number of hydrogen-bond acceptors (Lipinski definition) is 1. The van der Waals surface area contributed by atoms with Crippen molar-refractivity contribution in [2.24, 2.45) is 11.8 Å². The third kappa shape index (κ3) is 6.14. The van der Waals surface area contributed by atoms with Gasteiger partial charge in [-0.1, -0.05) is 32.9 Å². The highest BCUT2D eigenvalue weighted by atomic mass is 16.1. The van der Waals surface area contributed by atoms with Crippen LogP contribution >= 0.6 is 0 Å². The fourth-order valence-electron chi connectivity index (χ4n) is 1.40. The Kier molecular flexibility index (Phi) is 5.69. The van der Waals surface area contributed by atoms with Gasteiger partial charge in [0.05, 0.1) is 0 Å². The molecule has 1 unspecified atom stereocenters. The van der Waals surface area contributed by atoms with Gasteiger partial charge in [-0.25, -0.2) is 0 Å². The van der Waals surface area contributed by atoms with E-state index in [-0.39, 0.29) is 0 Å². The zero-order chi connectivity index (χ0) is 9.56. The van der Waals surface area contributed by atoms with Crippen molar-refractivity contribution >= 4 is 6.29 Å². The third-order valence-corrected chi connectivity index (χ3v) is 1.83. The highest BCUT2D eigenvalue weighted by Crippen LogP contribution is 2.18. The Balaban J connectivity index is 3.61. The van der Waals surface area contributed by atoms with Crippen molar-refractivity contribution in [3.8, 4) is 0 Å². The largest absolute Gasteiger partial charge is 0.303 e. The molecule has 0 bridgehead atoms. The molecule has 0 heterocycles. The number of allylic oxidation sites excluding steroid dienone is 1. The maximum Gasteiger partial charge on any atom is 0.120 e. The van der Waals surface area contributed by atoms with Gasteiger partial charge in [-0.2, -0.15) is 0 Å². The normalized spacial score (nSPS) is 13.0. The minimum absolute atomic E-state index is 0.466.